The van der Waals surface area contributed by atoms with E-state index in [1.807, 2.05) is 11.4 Å². The maximum Gasteiger partial charge on any atom is 0.0704 e. The third kappa shape index (κ3) is 2.29. The Morgan fingerprint density at radius 3 is 2.73 bits per heavy atom. The summed E-state index contributed by atoms with van der Waals surface area (Å²) in [6, 6.07) is 3.85. The molecule has 0 fully saturated rings. The molecule has 80 valence electrons. The first-order valence-corrected chi connectivity index (χ1v) is 7.20. The van der Waals surface area contributed by atoms with Gasteiger partial charge in [0.2, 0.25) is 0 Å². The lowest BCUT2D eigenvalue weighted by atomic mass is 10.1. The van der Waals surface area contributed by atoms with E-state index in [4.69, 9.17) is 17.3 Å². The van der Waals surface area contributed by atoms with Crippen molar-refractivity contribution in [2.75, 3.05) is 0 Å². The minimum Gasteiger partial charge on any atom is -0.320 e. The van der Waals surface area contributed by atoms with E-state index in [1.165, 1.54) is 4.88 Å². The van der Waals surface area contributed by atoms with Crippen molar-refractivity contribution in [1.29, 1.82) is 0 Å². The summed E-state index contributed by atoms with van der Waals surface area (Å²) < 4.78 is 1.11. The van der Waals surface area contributed by atoms with Crippen molar-refractivity contribution < 1.29 is 0 Å². The van der Waals surface area contributed by atoms with Crippen LogP contribution in [0.2, 0.25) is 5.02 Å². The van der Waals surface area contributed by atoms with Crippen LogP contribution < -0.4 is 5.73 Å². The van der Waals surface area contributed by atoms with Crippen LogP contribution in [0.4, 0.5) is 0 Å². The Morgan fingerprint density at radius 1 is 1.53 bits per heavy atom. The van der Waals surface area contributed by atoms with E-state index in [-0.39, 0.29) is 6.04 Å². The summed E-state index contributed by atoms with van der Waals surface area (Å²) in [6.07, 6.45) is 0. The fourth-order valence-electron chi connectivity index (χ4n) is 1.44. The van der Waals surface area contributed by atoms with Crippen molar-refractivity contribution >= 4 is 50.2 Å². The second-order valence-electron chi connectivity index (χ2n) is 3.17. The Balaban J connectivity index is 2.40. The van der Waals surface area contributed by atoms with Gasteiger partial charge in [-0.25, -0.2) is 0 Å². The van der Waals surface area contributed by atoms with Gasteiger partial charge in [0.1, 0.15) is 0 Å². The molecule has 0 spiro atoms. The van der Waals surface area contributed by atoms with E-state index in [9.17, 15) is 0 Å². The molecule has 0 aliphatic rings. The Kier molecular flexibility index (Phi) is 3.52. The molecule has 2 aromatic rings. The molecule has 5 heteroatoms. The minimum atomic E-state index is -0.111. The molecule has 2 rings (SSSR count). The monoisotopic (exact) mass is 321 g/mol. The van der Waals surface area contributed by atoms with Gasteiger partial charge in [0.15, 0.2) is 0 Å². The van der Waals surface area contributed by atoms with Crippen LogP contribution in [0.1, 0.15) is 21.4 Å². The Morgan fingerprint density at radius 2 is 2.27 bits per heavy atom. The number of halogens is 2. The summed E-state index contributed by atoms with van der Waals surface area (Å²) in [5, 5.41) is 2.73. The lowest BCUT2D eigenvalue weighted by molar-refractivity contribution is 0.891. The number of aryl methyl sites for hydroxylation is 1. The Labute approximate surface area is 110 Å². The summed E-state index contributed by atoms with van der Waals surface area (Å²) in [7, 11) is 0. The molecule has 0 aromatic carbocycles. The van der Waals surface area contributed by atoms with Crippen LogP contribution in [0.5, 0.6) is 0 Å². The van der Waals surface area contributed by atoms with E-state index in [1.54, 1.807) is 22.7 Å². The van der Waals surface area contributed by atoms with Crippen molar-refractivity contribution in [1.82, 2.24) is 0 Å². The van der Waals surface area contributed by atoms with Gasteiger partial charge < -0.3 is 5.73 Å². The average molecular weight is 323 g/mol. The van der Waals surface area contributed by atoms with Crippen molar-refractivity contribution in [2.45, 2.75) is 13.0 Å². The molecule has 0 amide bonds. The third-order valence-electron chi connectivity index (χ3n) is 2.19. The number of rotatable bonds is 2. The SMILES string of the molecule is Cc1sc(Br)cc1C(N)c1sccc1Cl. The van der Waals surface area contributed by atoms with Gasteiger partial charge in [0.25, 0.3) is 0 Å². The van der Waals surface area contributed by atoms with Crippen molar-refractivity contribution in [3.63, 3.8) is 0 Å². The van der Waals surface area contributed by atoms with Crippen molar-refractivity contribution in [3.8, 4) is 0 Å². The van der Waals surface area contributed by atoms with E-state index in [0.29, 0.717) is 0 Å². The molecule has 1 nitrogen and oxygen atoms in total. The third-order valence-corrected chi connectivity index (χ3v) is 5.20. The van der Waals surface area contributed by atoms with Crippen LogP contribution in [0.3, 0.4) is 0 Å². The molecule has 2 aromatic heterocycles. The van der Waals surface area contributed by atoms with Gasteiger partial charge in [-0.1, -0.05) is 11.6 Å². The predicted octanol–water partition coefficient (Wildman–Crippen LogP) is 4.58. The highest BCUT2D eigenvalue weighted by atomic mass is 79.9. The maximum absolute atomic E-state index is 6.19. The Bertz CT molecular complexity index is 477. The molecule has 0 saturated heterocycles. The van der Waals surface area contributed by atoms with Crippen LogP contribution in [0.15, 0.2) is 21.3 Å². The highest BCUT2D eigenvalue weighted by Gasteiger charge is 2.17. The first-order chi connectivity index (χ1) is 7.09. The summed E-state index contributed by atoms with van der Waals surface area (Å²) in [4.78, 5) is 2.27. The first-order valence-electron chi connectivity index (χ1n) is 4.34. The quantitative estimate of drug-likeness (QED) is 0.860. The lowest BCUT2D eigenvalue weighted by Crippen LogP contribution is -2.10. The molecule has 0 saturated carbocycles. The molecule has 2 N–H and O–H groups in total. The second-order valence-corrected chi connectivity index (χ2v) is 7.16. The molecule has 0 aliphatic heterocycles. The number of hydrogen-bond donors (Lipinski definition) is 1. The minimum absolute atomic E-state index is 0.111. The van der Waals surface area contributed by atoms with E-state index in [2.05, 4.69) is 28.9 Å². The fraction of sp³-hybridized carbons (Fsp3) is 0.200. The number of thiophene rings is 2. The average Bonchev–Trinajstić information content (AvgIpc) is 2.71. The first kappa shape index (κ1) is 11.6. The number of nitrogens with two attached hydrogens (primary N) is 1. The normalized spacial score (nSPS) is 13.1. The second kappa shape index (κ2) is 4.55. The van der Waals surface area contributed by atoms with Gasteiger partial charge in [-0.05, 0) is 45.9 Å². The van der Waals surface area contributed by atoms with Crippen LogP contribution in [0, 0.1) is 6.92 Å². The topological polar surface area (TPSA) is 26.0 Å². The number of hydrogen-bond acceptors (Lipinski definition) is 3. The predicted molar refractivity (Wildman–Crippen MR) is 72.1 cm³/mol. The summed E-state index contributed by atoms with van der Waals surface area (Å²) in [5.41, 5.74) is 7.34. The molecule has 15 heavy (non-hydrogen) atoms. The van der Waals surface area contributed by atoms with Crippen molar-refractivity contribution in [2.24, 2.45) is 5.73 Å². The summed E-state index contributed by atoms with van der Waals surface area (Å²) in [5.74, 6) is 0. The molecule has 2 heterocycles. The molecular weight excluding hydrogens is 314 g/mol. The van der Waals surface area contributed by atoms with Gasteiger partial charge in [-0.15, -0.1) is 22.7 Å². The van der Waals surface area contributed by atoms with Crippen LogP contribution in [-0.4, -0.2) is 0 Å². The zero-order valence-corrected chi connectivity index (χ0v) is 11.9. The summed E-state index contributed by atoms with van der Waals surface area (Å²) >= 11 is 12.8. The summed E-state index contributed by atoms with van der Waals surface area (Å²) in [6.45, 7) is 2.08. The van der Waals surface area contributed by atoms with Crippen LogP contribution in [0.25, 0.3) is 0 Å². The molecule has 0 bridgehead atoms. The highest BCUT2D eigenvalue weighted by molar-refractivity contribution is 9.11. The Hall–Kier alpha value is 0.130. The van der Waals surface area contributed by atoms with E-state index < -0.39 is 0 Å². The van der Waals surface area contributed by atoms with Gasteiger partial charge >= 0.3 is 0 Å². The highest BCUT2D eigenvalue weighted by Crippen LogP contribution is 2.36. The van der Waals surface area contributed by atoms with E-state index in [0.717, 1.165) is 19.2 Å². The van der Waals surface area contributed by atoms with Crippen LogP contribution >= 0.6 is 50.2 Å². The van der Waals surface area contributed by atoms with Gasteiger partial charge in [0, 0.05) is 9.75 Å². The molecule has 0 radical (unpaired) electrons. The molecule has 1 unspecified atom stereocenters. The standard InChI is InChI=1S/C10H9BrClNS2/c1-5-6(4-8(11)15-5)9(13)10-7(12)2-3-14-10/h2-4,9H,13H2,1H3. The fourth-order valence-corrected chi connectivity index (χ4v) is 4.39. The van der Waals surface area contributed by atoms with Crippen LogP contribution in [-0.2, 0) is 0 Å². The molecule has 0 aliphatic carbocycles. The van der Waals surface area contributed by atoms with Gasteiger partial charge in [0.05, 0.1) is 14.9 Å². The van der Waals surface area contributed by atoms with E-state index >= 15 is 0 Å². The largest absolute Gasteiger partial charge is 0.320 e. The molecule has 1 atom stereocenters. The van der Waals surface area contributed by atoms with Crippen molar-refractivity contribution in [3.05, 3.63) is 41.6 Å². The zero-order valence-electron chi connectivity index (χ0n) is 7.96. The smallest absolute Gasteiger partial charge is 0.0704 e. The maximum atomic E-state index is 6.19. The zero-order chi connectivity index (χ0) is 11.0. The molecular formula is C10H9BrClNS2. The van der Waals surface area contributed by atoms with Gasteiger partial charge in [-0.3, -0.25) is 0 Å². The van der Waals surface area contributed by atoms with Gasteiger partial charge in [-0.2, -0.15) is 0 Å². The lowest BCUT2D eigenvalue weighted by Gasteiger charge is -2.09.